The highest BCUT2D eigenvalue weighted by Gasteiger charge is 2.53. The summed E-state index contributed by atoms with van der Waals surface area (Å²) in [6.45, 7) is 0.684. The van der Waals surface area contributed by atoms with Crippen molar-refractivity contribution in [2.75, 3.05) is 6.54 Å². The zero-order valence-corrected chi connectivity index (χ0v) is 11.6. The molecule has 0 aromatic carbocycles. The smallest absolute Gasteiger partial charge is 0.242 e. The van der Waals surface area contributed by atoms with E-state index in [9.17, 15) is 8.42 Å². The lowest BCUT2D eigenvalue weighted by molar-refractivity contribution is 0.431. The molecule has 0 unspecified atom stereocenters. The fraction of sp³-hybridized carbons (Fsp3) is 0.615. The topological polar surface area (TPSA) is 85.1 Å². The van der Waals surface area contributed by atoms with Crippen molar-refractivity contribution in [1.82, 2.24) is 9.71 Å². The van der Waals surface area contributed by atoms with Crippen molar-refractivity contribution in [3.63, 3.8) is 0 Å². The van der Waals surface area contributed by atoms with E-state index in [0.717, 1.165) is 18.8 Å². The summed E-state index contributed by atoms with van der Waals surface area (Å²) in [5, 5.41) is 0. The summed E-state index contributed by atoms with van der Waals surface area (Å²) < 4.78 is 27.4. The van der Waals surface area contributed by atoms with E-state index in [-0.39, 0.29) is 16.9 Å². The second kappa shape index (κ2) is 4.54. The van der Waals surface area contributed by atoms with Crippen molar-refractivity contribution in [2.24, 2.45) is 17.1 Å². The molecule has 0 radical (unpaired) electrons. The van der Waals surface area contributed by atoms with E-state index in [1.165, 1.54) is 12.8 Å². The Morgan fingerprint density at radius 2 is 2.16 bits per heavy atom. The lowest BCUT2D eigenvalue weighted by Gasteiger charge is -2.16. The van der Waals surface area contributed by atoms with Gasteiger partial charge in [0.2, 0.25) is 10.0 Å². The number of nitrogens with zero attached hydrogens (tertiary/aromatic N) is 1. The van der Waals surface area contributed by atoms with Gasteiger partial charge in [-0.3, -0.25) is 4.98 Å². The molecule has 0 aliphatic heterocycles. The van der Waals surface area contributed by atoms with Gasteiger partial charge in [0.15, 0.2) is 0 Å². The quantitative estimate of drug-likeness (QED) is 0.815. The highest BCUT2D eigenvalue weighted by atomic mass is 32.2. The average Bonchev–Trinajstić information content (AvgIpc) is 3.28. The Morgan fingerprint density at radius 1 is 1.42 bits per heavy atom. The van der Waals surface area contributed by atoms with Crippen LogP contribution in [-0.2, 0) is 16.6 Å². The van der Waals surface area contributed by atoms with Crippen LogP contribution >= 0.6 is 0 Å². The molecule has 2 fully saturated rings. The molecule has 6 heteroatoms. The van der Waals surface area contributed by atoms with Gasteiger partial charge in [-0.05, 0) is 49.1 Å². The molecule has 19 heavy (non-hydrogen) atoms. The number of nitrogens with one attached hydrogen (secondary N) is 1. The first-order valence-electron chi connectivity index (χ1n) is 6.71. The Bertz CT molecular complexity index is 577. The molecule has 3 N–H and O–H groups in total. The Kier molecular flexibility index (Phi) is 3.11. The first-order valence-corrected chi connectivity index (χ1v) is 8.19. The predicted octanol–water partition coefficient (Wildman–Crippen LogP) is 1.01. The summed E-state index contributed by atoms with van der Waals surface area (Å²) in [6.07, 6.45) is 6.37. The number of sulfonamides is 1. The van der Waals surface area contributed by atoms with Crippen LogP contribution in [0.5, 0.6) is 0 Å². The van der Waals surface area contributed by atoms with Crippen LogP contribution in [-0.4, -0.2) is 19.9 Å². The summed E-state index contributed by atoms with van der Waals surface area (Å²) >= 11 is 0. The van der Waals surface area contributed by atoms with Crippen molar-refractivity contribution >= 4 is 10.0 Å². The van der Waals surface area contributed by atoms with Crippen molar-refractivity contribution in [2.45, 2.75) is 37.1 Å². The summed E-state index contributed by atoms with van der Waals surface area (Å²) in [4.78, 5) is 4.24. The second-order valence-corrected chi connectivity index (χ2v) is 7.35. The minimum absolute atomic E-state index is 0.130. The average molecular weight is 281 g/mol. The van der Waals surface area contributed by atoms with Gasteiger partial charge in [0, 0.05) is 19.3 Å². The zero-order chi connectivity index (χ0) is 13.5. The van der Waals surface area contributed by atoms with Crippen LogP contribution < -0.4 is 10.5 Å². The zero-order valence-electron chi connectivity index (χ0n) is 10.8. The predicted molar refractivity (Wildman–Crippen MR) is 71.7 cm³/mol. The van der Waals surface area contributed by atoms with Gasteiger partial charge in [0.25, 0.3) is 0 Å². The molecule has 2 saturated carbocycles. The second-order valence-electron chi connectivity index (χ2n) is 5.61. The normalized spacial score (nSPS) is 21.3. The van der Waals surface area contributed by atoms with Crippen LogP contribution in [0, 0.1) is 11.3 Å². The number of aromatic nitrogens is 1. The molecule has 1 aromatic rings. The Balaban J connectivity index is 1.75. The van der Waals surface area contributed by atoms with Crippen LogP contribution in [0.1, 0.15) is 31.4 Å². The van der Waals surface area contributed by atoms with Crippen molar-refractivity contribution in [3.05, 3.63) is 24.0 Å². The number of nitrogens with two attached hydrogens (primary N) is 1. The van der Waals surface area contributed by atoms with Gasteiger partial charge < -0.3 is 5.73 Å². The van der Waals surface area contributed by atoms with E-state index in [0.29, 0.717) is 12.2 Å². The maximum Gasteiger partial charge on any atom is 0.242 e. The van der Waals surface area contributed by atoms with Gasteiger partial charge in [0.05, 0.1) is 5.69 Å². The summed E-state index contributed by atoms with van der Waals surface area (Å²) in [5.74, 6) is 0.734. The lowest BCUT2D eigenvalue weighted by atomic mass is 10.0. The Hall–Kier alpha value is -0.980. The molecule has 0 amide bonds. The van der Waals surface area contributed by atoms with E-state index in [2.05, 4.69) is 9.71 Å². The molecule has 0 saturated heterocycles. The molecular weight excluding hydrogens is 262 g/mol. The maximum absolute atomic E-state index is 12.3. The lowest BCUT2D eigenvalue weighted by Crippen LogP contribution is -2.32. The molecule has 3 rings (SSSR count). The number of pyridine rings is 1. The monoisotopic (exact) mass is 281 g/mol. The molecule has 0 spiro atoms. The molecule has 104 valence electrons. The van der Waals surface area contributed by atoms with Gasteiger partial charge in [-0.25, -0.2) is 13.1 Å². The molecule has 2 aliphatic rings. The van der Waals surface area contributed by atoms with Gasteiger partial charge in [-0.1, -0.05) is 0 Å². The van der Waals surface area contributed by atoms with Crippen LogP contribution in [0.3, 0.4) is 0 Å². The third kappa shape index (κ3) is 2.52. The van der Waals surface area contributed by atoms with Gasteiger partial charge >= 0.3 is 0 Å². The molecule has 1 aromatic heterocycles. The first kappa shape index (κ1) is 13.0. The van der Waals surface area contributed by atoms with Crippen LogP contribution in [0.4, 0.5) is 0 Å². The van der Waals surface area contributed by atoms with Crippen LogP contribution in [0.25, 0.3) is 0 Å². The molecule has 5 nitrogen and oxygen atoms in total. The van der Waals surface area contributed by atoms with E-state index in [1.54, 1.807) is 18.3 Å². The van der Waals surface area contributed by atoms with Crippen molar-refractivity contribution < 1.29 is 8.42 Å². The highest BCUT2D eigenvalue weighted by molar-refractivity contribution is 7.89. The molecular formula is C13H19N3O2S. The van der Waals surface area contributed by atoms with Gasteiger partial charge in [-0.2, -0.15) is 0 Å². The standard InChI is InChI=1S/C13H19N3O2S/c14-8-11-12(2-1-7-15-11)19(17,18)16-9-13(5-6-13)10-3-4-10/h1-2,7,10,16H,3-6,8-9,14H2. The third-order valence-electron chi connectivity index (χ3n) is 4.28. The maximum atomic E-state index is 12.3. The van der Waals surface area contributed by atoms with Crippen molar-refractivity contribution in [3.8, 4) is 0 Å². The largest absolute Gasteiger partial charge is 0.325 e. The highest BCUT2D eigenvalue weighted by Crippen LogP contribution is 2.60. The fourth-order valence-corrected chi connectivity index (χ4v) is 4.06. The van der Waals surface area contributed by atoms with E-state index in [4.69, 9.17) is 5.73 Å². The number of hydrogen-bond acceptors (Lipinski definition) is 4. The Labute approximate surface area is 113 Å². The van der Waals surface area contributed by atoms with Crippen LogP contribution in [0.15, 0.2) is 23.2 Å². The number of rotatable bonds is 6. The minimum atomic E-state index is -3.49. The minimum Gasteiger partial charge on any atom is -0.325 e. The molecule has 0 bridgehead atoms. The van der Waals surface area contributed by atoms with Gasteiger partial charge in [0.1, 0.15) is 4.90 Å². The first-order chi connectivity index (χ1) is 9.07. The number of hydrogen-bond donors (Lipinski definition) is 2. The molecule has 0 atom stereocenters. The summed E-state index contributed by atoms with van der Waals surface area (Å²) in [6, 6.07) is 3.19. The molecule has 2 aliphatic carbocycles. The third-order valence-corrected chi connectivity index (χ3v) is 5.76. The van der Waals surface area contributed by atoms with Gasteiger partial charge in [-0.15, -0.1) is 0 Å². The molecule has 1 heterocycles. The fourth-order valence-electron chi connectivity index (χ4n) is 2.72. The Morgan fingerprint density at radius 3 is 2.74 bits per heavy atom. The SMILES string of the molecule is NCc1ncccc1S(=O)(=O)NCC1(C2CC2)CC1. The van der Waals surface area contributed by atoms with Crippen LogP contribution in [0.2, 0.25) is 0 Å². The van der Waals surface area contributed by atoms with Crippen molar-refractivity contribution in [1.29, 1.82) is 0 Å². The van der Waals surface area contributed by atoms with E-state index in [1.807, 2.05) is 0 Å². The van der Waals surface area contributed by atoms with E-state index >= 15 is 0 Å². The summed E-state index contributed by atoms with van der Waals surface area (Å²) in [7, 11) is -3.49. The summed E-state index contributed by atoms with van der Waals surface area (Å²) in [5.41, 5.74) is 6.22. The van der Waals surface area contributed by atoms with E-state index < -0.39 is 10.0 Å².